The van der Waals surface area contributed by atoms with Crippen molar-refractivity contribution in [2.45, 2.75) is 38.0 Å². The fraction of sp³-hybridized carbons (Fsp3) is 0.387. The maximum atomic E-state index is 12.9. The average Bonchev–Trinajstić information content (AvgIpc) is 3.14. The number of hydrogen-bond donors (Lipinski definition) is 0. The second kappa shape index (κ2) is 11.9. The lowest BCUT2D eigenvalue weighted by atomic mass is 9.89. The van der Waals surface area contributed by atoms with Crippen LogP contribution < -0.4 is 4.74 Å². The molecule has 188 valence electrons. The van der Waals surface area contributed by atoms with Gasteiger partial charge in [0, 0.05) is 30.2 Å². The van der Waals surface area contributed by atoms with Crippen LogP contribution in [0.3, 0.4) is 0 Å². The Kier molecular flexibility index (Phi) is 8.25. The molecule has 0 aliphatic carbocycles. The van der Waals surface area contributed by atoms with E-state index >= 15 is 0 Å². The monoisotopic (exact) mass is 502 g/mol. The van der Waals surface area contributed by atoms with Crippen LogP contribution in [0.4, 0.5) is 0 Å². The van der Waals surface area contributed by atoms with E-state index in [4.69, 9.17) is 16.3 Å². The number of piperidine rings is 1. The van der Waals surface area contributed by atoms with E-state index in [2.05, 4.69) is 35.2 Å². The van der Waals surface area contributed by atoms with Gasteiger partial charge in [-0.2, -0.15) is 0 Å². The van der Waals surface area contributed by atoms with Crippen molar-refractivity contribution in [3.8, 4) is 5.75 Å². The number of likely N-dealkylation sites (tertiary alicyclic amines) is 1. The quantitative estimate of drug-likeness (QED) is 0.359. The Morgan fingerprint density at radius 2 is 1.58 bits per heavy atom. The summed E-state index contributed by atoms with van der Waals surface area (Å²) < 4.78 is 6.13. The first-order chi connectivity index (χ1) is 17.7. The molecule has 5 heteroatoms. The zero-order valence-electron chi connectivity index (χ0n) is 20.9. The SMILES string of the molecule is O=C(c1ccccc1)N1CCc2ccc(OCCCN3CCC(c4ccc(Cl)cc4)CC3)cc2CC1. The summed E-state index contributed by atoms with van der Waals surface area (Å²) in [7, 11) is 0. The zero-order valence-corrected chi connectivity index (χ0v) is 21.6. The summed E-state index contributed by atoms with van der Waals surface area (Å²) in [5.74, 6) is 1.71. The predicted molar refractivity (Wildman–Crippen MR) is 146 cm³/mol. The molecule has 1 fully saturated rings. The van der Waals surface area contributed by atoms with Gasteiger partial charge in [0.2, 0.25) is 0 Å². The second-order valence-electron chi connectivity index (χ2n) is 9.96. The van der Waals surface area contributed by atoms with Crippen LogP contribution in [0.25, 0.3) is 0 Å². The van der Waals surface area contributed by atoms with Gasteiger partial charge in [0.1, 0.15) is 5.75 Å². The van der Waals surface area contributed by atoms with Gasteiger partial charge >= 0.3 is 0 Å². The molecule has 0 atom stereocenters. The smallest absolute Gasteiger partial charge is 0.253 e. The molecule has 36 heavy (non-hydrogen) atoms. The van der Waals surface area contributed by atoms with Crippen LogP contribution in [-0.2, 0) is 12.8 Å². The Morgan fingerprint density at radius 1 is 0.861 bits per heavy atom. The van der Waals surface area contributed by atoms with E-state index in [1.807, 2.05) is 47.4 Å². The molecular formula is C31H35ClN2O2. The topological polar surface area (TPSA) is 32.8 Å². The first kappa shape index (κ1) is 24.9. The van der Waals surface area contributed by atoms with Gasteiger partial charge in [-0.25, -0.2) is 0 Å². The molecule has 0 radical (unpaired) electrons. The lowest BCUT2D eigenvalue weighted by Gasteiger charge is -2.32. The summed E-state index contributed by atoms with van der Waals surface area (Å²) >= 11 is 6.04. The van der Waals surface area contributed by atoms with E-state index in [0.29, 0.717) is 5.92 Å². The van der Waals surface area contributed by atoms with Crippen molar-refractivity contribution in [1.82, 2.24) is 9.80 Å². The standard InChI is InChI=1S/C31H35ClN2O2/c32-29-10-7-24(8-11-29)26-13-18-33(19-14-26)17-4-22-36-30-12-9-25-15-20-34(21-16-28(25)23-30)31(35)27-5-2-1-3-6-27/h1-3,5-12,23,26H,4,13-22H2. The lowest BCUT2D eigenvalue weighted by Crippen LogP contribution is -2.34. The Hall–Kier alpha value is -2.82. The first-order valence-corrected chi connectivity index (χ1v) is 13.6. The number of hydrogen-bond acceptors (Lipinski definition) is 3. The molecule has 2 aliphatic heterocycles. The summed E-state index contributed by atoms with van der Waals surface area (Å²) in [4.78, 5) is 17.4. The van der Waals surface area contributed by atoms with Crippen LogP contribution in [-0.4, -0.2) is 55.0 Å². The van der Waals surface area contributed by atoms with Crippen molar-refractivity contribution < 1.29 is 9.53 Å². The molecule has 0 unspecified atom stereocenters. The van der Waals surface area contributed by atoms with Crippen molar-refractivity contribution in [1.29, 1.82) is 0 Å². The number of carbonyl (C=O) groups excluding carboxylic acids is 1. The number of nitrogens with zero attached hydrogens (tertiary/aromatic N) is 2. The van der Waals surface area contributed by atoms with Crippen LogP contribution in [0.15, 0.2) is 72.8 Å². The minimum Gasteiger partial charge on any atom is -0.494 e. The van der Waals surface area contributed by atoms with Crippen molar-refractivity contribution >= 4 is 17.5 Å². The summed E-state index contributed by atoms with van der Waals surface area (Å²) in [5.41, 5.74) is 4.81. The summed E-state index contributed by atoms with van der Waals surface area (Å²) in [6.07, 6.45) is 5.20. The van der Waals surface area contributed by atoms with Gasteiger partial charge in [-0.3, -0.25) is 4.79 Å². The number of benzene rings is 3. The number of carbonyl (C=O) groups is 1. The van der Waals surface area contributed by atoms with Gasteiger partial charge in [0.05, 0.1) is 6.61 Å². The van der Waals surface area contributed by atoms with Gasteiger partial charge in [-0.05, 0) is 104 Å². The third kappa shape index (κ3) is 6.29. The molecule has 0 bridgehead atoms. The van der Waals surface area contributed by atoms with E-state index in [1.54, 1.807) is 0 Å². The average molecular weight is 503 g/mol. The predicted octanol–water partition coefficient (Wildman–Crippen LogP) is 6.23. The Balaban J connectivity index is 1.05. The van der Waals surface area contributed by atoms with Crippen molar-refractivity contribution in [3.05, 3.63) is 100 Å². The Morgan fingerprint density at radius 3 is 2.33 bits per heavy atom. The van der Waals surface area contributed by atoms with Gasteiger partial charge in [0.15, 0.2) is 0 Å². The highest BCUT2D eigenvalue weighted by atomic mass is 35.5. The van der Waals surface area contributed by atoms with Gasteiger partial charge < -0.3 is 14.5 Å². The summed E-state index contributed by atoms with van der Waals surface area (Å²) in [5, 5.41) is 0.811. The normalized spacial score (nSPS) is 16.9. The van der Waals surface area contributed by atoms with Gasteiger partial charge in [-0.1, -0.05) is 48.0 Å². The van der Waals surface area contributed by atoms with Crippen LogP contribution in [0, 0.1) is 0 Å². The molecule has 2 heterocycles. The van der Waals surface area contributed by atoms with Gasteiger partial charge in [-0.15, -0.1) is 0 Å². The maximum absolute atomic E-state index is 12.9. The highest BCUT2D eigenvalue weighted by Crippen LogP contribution is 2.29. The number of fused-ring (bicyclic) bond motifs is 1. The molecule has 0 spiro atoms. The highest BCUT2D eigenvalue weighted by molar-refractivity contribution is 6.30. The van der Waals surface area contributed by atoms with Crippen molar-refractivity contribution in [3.63, 3.8) is 0 Å². The van der Waals surface area contributed by atoms with Crippen LogP contribution in [0.2, 0.25) is 5.02 Å². The largest absolute Gasteiger partial charge is 0.494 e. The molecular weight excluding hydrogens is 468 g/mol. The van der Waals surface area contributed by atoms with E-state index in [-0.39, 0.29) is 5.91 Å². The number of rotatable bonds is 7. The van der Waals surface area contributed by atoms with Crippen molar-refractivity contribution in [2.75, 3.05) is 39.3 Å². The van der Waals surface area contributed by atoms with Gasteiger partial charge in [0.25, 0.3) is 5.91 Å². The number of halogens is 1. The molecule has 0 saturated carbocycles. The number of amides is 1. The van der Waals surface area contributed by atoms with E-state index in [9.17, 15) is 4.79 Å². The Bertz CT molecular complexity index is 1140. The van der Waals surface area contributed by atoms with Crippen LogP contribution >= 0.6 is 11.6 Å². The summed E-state index contributed by atoms with van der Waals surface area (Å²) in [6, 6.07) is 24.4. The van der Waals surface area contributed by atoms with Crippen molar-refractivity contribution in [2.24, 2.45) is 0 Å². The molecule has 2 aliphatic rings. The molecule has 1 saturated heterocycles. The fourth-order valence-corrected chi connectivity index (χ4v) is 5.59. The third-order valence-corrected chi connectivity index (χ3v) is 7.86. The number of ether oxygens (including phenoxy) is 1. The minimum absolute atomic E-state index is 0.122. The highest BCUT2D eigenvalue weighted by Gasteiger charge is 2.21. The molecule has 4 nitrogen and oxygen atoms in total. The molecule has 1 amide bonds. The molecule has 3 aromatic rings. The minimum atomic E-state index is 0.122. The second-order valence-corrected chi connectivity index (χ2v) is 10.4. The van der Waals surface area contributed by atoms with E-state index in [0.717, 1.165) is 74.9 Å². The maximum Gasteiger partial charge on any atom is 0.253 e. The zero-order chi connectivity index (χ0) is 24.7. The Labute approximate surface area is 219 Å². The van der Waals surface area contributed by atoms with E-state index in [1.165, 1.54) is 29.5 Å². The third-order valence-electron chi connectivity index (χ3n) is 7.60. The molecule has 5 rings (SSSR count). The fourth-order valence-electron chi connectivity index (χ4n) is 5.46. The van der Waals surface area contributed by atoms with E-state index < -0.39 is 0 Å². The molecule has 0 N–H and O–H groups in total. The van der Waals surface area contributed by atoms with Crippen LogP contribution in [0.5, 0.6) is 5.75 Å². The first-order valence-electron chi connectivity index (χ1n) is 13.2. The lowest BCUT2D eigenvalue weighted by molar-refractivity contribution is 0.0763. The molecule has 0 aromatic heterocycles. The molecule has 3 aromatic carbocycles. The van der Waals surface area contributed by atoms with Crippen LogP contribution in [0.1, 0.15) is 52.2 Å². The summed E-state index contributed by atoms with van der Waals surface area (Å²) in [6.45, 7) is 5.60.